The second kappa shape index (κ2) is 6.01. The van der Waals surface area contributed by atoms with Crippen LogP contribution in [0.15, 0.2) is 18.2 Å². The van der Waals surface area contributed by atoms with Crippen LogP contribution in [0.2, 0.25) is 0 Å². The minimum absolute atomic E-state index is 0.0629. The molecule has 3 heteroatoms. The summed E-state index contributed by atoms with van der Waals surface area (Å²) in [6.07, 6.45) is 0.700. The Morgan fingerprint density at radius 2 is 2.00 bits per heavy atom. The molecule has 0 atom stereocenters. The Hall–Kier alpha value is -1.35. The summed E-state index contributed by atoms with van der Waals surface area (Å²) >= 11 is 0. The first-order chi connectivity index (χ1) is 8.36. The van der Waals surface area contributed by atoms with E-state index in [1.54, 1.807) is 0 Å². The molecule has 0 radical (unpaired) electrons. The predicted molar refractivity (Wildman–Crippen MR) is 75.2 cm³/mol. The van der Waals surface area contributed by atoms with Crippen molar-refractivity contribution in [3.05, 3.63) is 34.9 Å². The minimum Gasteiger partial charge on any atom is -0.352 e. The van der Waals surface area contributed by atoms with Gasteiger partial charge in [-0.1, -0.05) is 37.6 Å². The van der Waals surface area contributed by atoms with Gasteiger partial charge in [-0.2, -0.15) is 0 Å². The fourth-order valence-corrected chi connectivity index (χ4v) is 1.93. The molecule has 0 aliphatic heterocycles. The highest BCUT2D eigenvalue weighted by molar-refractivity contribution is 5.81. The highest BCUT2D eigenvalue weighted by Gasteiger charge is 2.26. The molecule has 1 rings (SSSR count). The van der Waals surface area contributed by atoms with Crippen LogP contribution >= 0.6 is 0 Å². The van der Waals surface area contributed by atoms with E-state index in [4.69, 9.17) is 5.73 Å². The van der Waals surface area contributed by atoms with E-state index in [-0.39, 0.29) is 5.91 Å². The molecule has 100 valence electrons. The van der Waals surface area contributed by atoms with Gasteiger partial charge < -0.3 is 11.1 Å². The first kappa shape index (κ1) is 14.7. The Morgan fingerprint density at radius 1 is 1.33 bits per heavy atom. The molecule has 0 saturated heterocycles. The topological polar surface area (TPSA) is 55.1 Å². The summed E-state index contributed by atoms with van der Waals surface area (Å²) in [6, 6.07) is 6.27. The maximum atomic E-state index is 12.0. The van der Waals surface area contributed by atoms with Crippen molar-refractivity contribution < 1.29 is 4.79 Å². The Bertz CT molecular complexity index is 425. The predicted octanol–water partition coefficient (Wildman–Crippen LogP) is 2.29. The third-order valence-electron chi connectivity index (χ3n) is 3.32. The van der Waals surface area contributed by atoms with Gasteiger partial charge in [0.15, 0.2) is 0 Å². The Morgan fingerprint density at radius 3 is 2.56 bits per heavy atom. The second-order valence-electron chi connectivity index (χ2n) is 5.54. The molecule has 0 aromatic heterocycles. The third-order valence-corrected chi connectivity index (χ3v) is 3.32. The normalized spacial score (nSPS) is 11.4. The number of nitrogens with one attached hydrogen (secondary N) is 1. The summed E-state index contributed by atoms with van der Waals surface area (Å²) < 4.78 is 0. The fraction of sp³-hybridized carbons (Fsp3) is 0.533. The maximum Gasteiger partial charge on any atom is 0.225 e. The fourth-order valence-electron chi connectivity index (χ4n) is 1.93. The van der Waals surface area contributed by atoms with Crippen LogP contribution in [0.3, 0.4) is 0 Å². The molecule has 1 aromatic carbocycles. The second-order valence-corrected chi connectivity index (χ2v) is 5.54. The van der Waals surface area contributed by atoms with E-state index in [0.29, 0.717) is 19.5 Å². The van der Waals surface area contributed by atoms with Crippen LogP contribution in [0.4, 0.5) is 0 Å². The number of hydrogen-bond acceptors (Lipinski definition) is 2. The van der Waals surface area contributed by atoms with Crippen LogP contribution in [-0.2, 0) is 11.3 Å². The molecule has 18 heavy (non-hydrogen) atoms. The Kier molecular flexibility index (Phi) is 4.91. The molecule has 1 amide bonds. The van der Waals surface area contributed by atoms with Gasteiger partial charge in [0.2, 0.25) is 5.91 Å². The summed E-state index contributed by atoms with van der Waals surface area (Å²) in [4.78, 5) is 12.0. The van der Waals surface area contributed by atoms with Crippen LogP contribution in [-0.4, -0.2) is 12.5 Å². The Balaban J connectivity index is 2.62. The zero-order chi connectivity index (χ0) is 13.8. The lowest BCUT2D eigenvalue weighted by Crippen LogP contribution is -2.37. The molecule has 0 aliphatic rings. The molecule has 0 unspecified atom stereocenters. The van der Waals surface area contributed by atoms with E-state index in [1.165, 1.54) is 11.1 Å². The van der Waals surface area contributed by atoms with E-state index in [1.807, 2.05) is 13.8 Å². The first-order valence-corrected chi connectivity index (χ1v) is 6.41. The van der Waals surface area contributed by atoms with Crippen molar-refractivity contribution in [1.82, 2.24) is 5.32 Å². The average molecular weight is 248 g/mol. The summed E-state index contributed by atoms with van der Waals surface area (Å²) in [5.74, 6) is 0.0629. The minimum atomic E-state index is -0.395. The van der Waals surface area contributed by atoms with Crippen molar-refractivity contribution in [2.75, 3.05) is 6.54 Å². The molecule has 0 fully saturated rings. The van der Waals surface area contributed by atoms with Crippen LogP contribution < -0.4 is 11.1 Å². The molecule has 0 spiro atoms. The number of carbonyl (C=O) groups excluding carboxylic acids is 1. The molecule has 3 N–H and O–H groups in total. The summed E-state index contributed by atoms with van der Waals surface area (Å²) in [5.41, 5.74) is 8.75. The van der Waals surface area contributed by atoms with Crippen LogP contribution in [0.1, 0.15) is 37.0 Å². The van der Waals surface area contributed by atoms with E-state index < -0.39 is 5.41 Å². The van der Waals surface area contributed by atoms with Gasteiger partial charge in [-0.05, 0) is 37.9 Å². The quantitative estimate of drug-likeness (QED) is 0.840. The summed E-state index contributed by atoms with van der Waals surface area (Å²) in [5, 5.41) is 2.99. The molecule has 0 bridgehead atoms. The molecular formula is C15H24N2O. The van der Waals surface area contributed by atoms with Gasteiger partial charge in [0, 0.05) is 12.0 Å². The van der Waals surface area contributed by atoms with E-state index in [0.717, 1.165) is 5.56 Å². The highest BCUT2D eigenvalue weighted by atomic mass is 16.2. The molecule has 3 nitrogen and oxygen atoms in total. The molecule has 0 aliphatic carbocycles. The van der Waals surface area contributed by atoms with Crippen molar-refractivity contribution in [2.45, 2.75) is 40.7 Å². The van der Waals surface area contributed by atoms with Gasteiger partial charge in [0.25, 0.3) is 0 Å². The molecule has 1 aromatic rings. The lowest BCUT2D eigenvalue weighted by Gasteiger charge is -2.23. The number of nitrogens with two attached hydrogens (primary N) is 1. The monoisotopic (exact) mass is 248 g/mol. The van der Waals surface area contributed by atoms with Crippen molar-refractivity contribution in [3.8, 4) is 0 Å². The number of benzene rings is 1. The number of rotatable bonds is 5. The first-order valence-electron chi connectivity index (χ1n) is 6.41. The van der Waals surface area contributed by atoms with Crippen molar-refractivity contribution in [3.63, 3.8) is 0 Å². The average Bonchev–Trinajstić information content (AvgIpc) is 2.27. The van der Waals surface area contributed by atoms with Crippen LogP contribution in [0, 0.1) is 19.3 Å². The van der Waals surface area contributed by atoms with Gasteiger partial charge in [-0.25, -0.2) is 0 Å². The standard InChI is InChI=1S/C15H24N2O/c1-11-5-6-13(12(2)9-11)10-17-14(18)15(3,4)7-8-16/h5-6,9H,7-8,10,16H2,1-4H3,(H,17,18). The van der Waals surface area contributed by atoms with Crippen LogP contribution in [0.25, 0.3) is 0 Å². The van der Waals surface area contributed by atoms with Gasteiger partial charge in [0.1, 0.15) is 0 Å². The van der Waals surface area contributed by atoms with E-state index in [9.17, 15) is 4.79 Å². The number of hydrogen-bond donors (Lipinski definition) is 2. The molecule has 0 heterocycles. The zero-order valence-corrected chi connectivity index (χ0v) is 11.8. The SMILES string of the molecule is Cc1ccc(CNC(=O)C(C)(C)CCN)c(C)c1. The third kappa shape index (κ3) is 3.84. The smallest absolute Gasteiger partial charge is 0.225 e. The van der Waals surface area contributed by atoms with Gasteiger partial charge in [-0.3, -0.25) is 4.79 Å². The van der Waals surface area contributed by atoms with E-state index >= 15 is 0 Å². The van der Waals surface area contributed by atoms with Crippen molar-refractivity contribution in [2.24, 2.45) is 11.1 Å². The largest absolute Gasteiger partial charge is 0.352 e. The number of carbonyl (C=O) groups is 1. The van der Waals surface area contributed by atoms with Gasteiger partial charge in [0.05, 0.1) is 0 Å². The number of amides is 1. The van der Waals surface area contributed by atoms with Crippen molar-refractivity contribution in [1.29, 1.82) is 0 Å². The Labute approximate surface area is 110 Å². The van der Waals surface area contributed by atoms with Gasteiger partial charge in [-0.15, -0.1) is 0 Å². The lowest BCUT2D eigenvalue weighted by molar-refractivity contribution is -0.129. The van der Waals surface area contributed by atoms with Gasteiger partial charge >= 0.3 is 0 Å². The summed E-state index contributed by atoms with van der Waals surface area (Å²) in [6.45, 7) is 9.11. The van der Waals surface area contributed by atoms with Crippen molar-refractivity contribution >= 4 is 5.91 Å². The lowest BCUT2D eigenvalue weighted by atomic mass is 9.88. The molecule has 0 saturated carbocycles. The maximum absolute atomic E-state index is 12.0. The zero-order valence-electron chi connectivity index (χ0n) is 11.8. The highest BCUT2D eigenvalue weighted by Crippen LogP contribution is 2.19. The molecular weight excluding hydrogens is 224 g/mol. The summed E-state index contributed by atoms with van der Waals surface area (Å²) in [7, 11) is 0. The van der Waals surface area contributed by atoms with Crippen LogP contribution in [0.5, 0.6) is 0 Å². The van der Waals surface area contributed by atoms with E-state index in [2.05, 4.69) is 37.4 Å². The number of aryl methyl sites for hydroxylation is 2.